The van der Waals surface area contributed by atoms with Gasteiger partial charge in [0, 0.05) is 15.8 Å². The predicted molar refractivity (Wildman–Crippen MR) is 86.5 cm³/mol. The Kier molecular flexibility index (Phi) is 3.64. The van der Waals surface area contributed by atoms with Gasteiger partial charge < -0.3 is 0 Å². The third-order valence-electron chi connectivity index (χ3n) is 3.24. The van der Waals surface area contributed by atoms with Gasteiger partial charge in [0.15, 0.2) is 5.82 Å². The number of thioether (sulfide) groups is 1. The Balaban J connectivity index is 2.17. The van der Waals surface area contributed by atoms with Crippen molar-refractivity contribution in [1.29, 1.82) is 0 Å². The van der Waals surface area contributed by atoms with E-state index in [4.69, 9.17) is 11.6 Å². The van der Waals surface area contributed by atoms with E-state index in [0.717, 1.165) is 22.0 Å². The number of benzene rings is 2. The Bertz CT molecular complexity index is 769. The van der Waals surface area contributed by atoms with Gasteiger partial charge >= 0.3 is 0 Å². The molecule has 0 bridgehead atoms. The summed E-state index contributed by atoms with van der Waals surface area (Å²) in [6, 6.07) is 14.2. The van der Waals surface area contributed by atoms with Gasteiger partial charge in [-0.25, -0.2) is 9.97 Å². The van der Waals surface area contributed by atoms with Crippen molar-refractivity contribution in [1.82, 2.24) is 9.97 Å². The second-order valence-electron chi connectivity index (χ2n) is 4.54. The summed E-state index contributed by atoms with van der Waals surface area (Å²) in [4.78, 5) is 10.3. The molecule has 0 radical (unpaired) electrons. The molecule has 0 fully saturated rings. The van der Waals surface area contributed by atoms with Crippen molar-refractivity contribution >= 4 is 34.3 Å². The van der Waals surface area contributed by atoms with Crippen LogP contribution in [0.25, 0.3) is 22.3 Å². The Morgan fingerprint density at radius 1 is 1.00 bits per heavy atom. The monoisotopic (exact) mass is 300 g/mol. The minimum Gasteiger partial charge on any atom is -0.228 e. The highest BCUT2D eigenvalue weighted by Crippen LogP contribution is 2.28. The predicted octanol–water partition coefficient (Wildman–Crippen LogP) is 4.98. The summed E-state index contributed by atoms with van der Waals surface area (Å²) in [5.41, 5.74) is 2.96. The lowest BCUT2D eigenvalue weighted by atomic mass is 10.1. The summed E-state index contributed by atoms with van der Waals surface area (Å²) in [5, 5.41) is 1.44. The fourth-order valence-electron chi connectivity index (χ4n) is 2.17. The van der Waals surface area contributed by atoms with Crippen molar-refractivity contribution in [2.45, 2.75) is 11.8 Å². The molecule has 2 aromatic carbocycles. The van der Waals surface area contributed by atoms with Crippen LogP contribution in [0, 0.1) is 6.92 Å². The van der Waals surface area contributed by atoms with Gasteiger partial charge in [-0.3, -0.25) is 0 Å². The topological polar surface area (TPSA) is 25.8 Å². The van der Waals surface area contributed by atoms with Gasteiger partial charge in [-0.15, -0.1) is 11.8 Å². The zero-order valence-corrected chi connectivity index (χ0v) is 12.8. The number of halogens is 1. The van der Waals surface area contributed by atoms with Crippen molar-refractivity contribution in [3.05, 3.63) is 53.2 Å². The number of aryl methyl sites for hydroxylation is 1. The van der Waals surface area contributed by atoms with Crippen LogP contribution in [0.3, 0.4) is 0 Å². The molecule has 20 heavy (non-hydrogen) atoms. The molecule has 100 valence electrons. The molecule has 2 nitrogen and oxygen atoms in total. The molecule has 0 unspecified atom stereocenters. The molecule has 0 spiro atoms. The molecular formula is C16H13ClN2S. The normalized spacial score (nSPS) is 10.9. The summed E-state index contributed by atoms with van der Waals surface area (Å²) in [6.07, 6.45) is 2.06. The highest BCUT2D eigenvalue weighted by Gasteiger charge is 2.09. The van der Waals surface area contributed by atoms with Crippen LogP contribution in [-0.4, -0.2) is 16.2 Å². The number of nitrogens with zero attached hydrogens (tertiary/aromatic N) is 2. The summed E-state index contributed by atoms with van der Waals surface area (Å²) in [6.45, 7) is 2.02. The van der Waals surface area contributed by atoms with E-state index in [-0.39, 0.29) is 0 Å². The Labute approximate surface area is 127 Å². The molecule has 1 aromatic heterocycles. The second-order valence-corrected chi connectivity index (χ2v) is 5.77. The summed E-state index contributed by atoms with van der Waals surface area (Å²) < 4.78 is 0. The van der Waals surface area contributed by atoms with Gasteiger partial charge in [-0.05, 0) is 36.9 Å². The van der Waals surface area contributed by atoms with Crippen LogP contribution in [-0.2, 0) is 0 Å². The number of rotatable bonds is 2. The van der Waals surface area contributed by atoms with Crippen LogP contribution in [0.5, 0.6) is 0 Å². The van der Waals surface area contributed by atoms with Crippen molar-refractivity contribution in [2.75, 3.05) is 6.26 Å². The van der Waals surface area contributed by atoms with E-state index in [1.165, 1.54) is 4.90 Å². The largest absolute Gasteiger partial charge is 0.228 e. The van der Waals surface area contributed by atoms with Gasteiger partial charge in [0.2, 0.25) is 0 Å². The summed E-state index contributed by atoms with van der Waals surface area (Å²) >= 11 is 8.03. The number of aromatic nitrogens is 2. The molecular weight excluding hydrogens is 288 g/mol. The molecule has 0 aliphatic heterocycles. The number of fused-ring (bicyclic) bond motifs is 1. The molecule has 1 heterocycles. The molecule has 0 aliphatic carbocycles. The lowest BCUT2D eigenvalue weighted by Gasteiger charge is -2.07. The van der Waals surface area contributed by atoms with Gasteiger partial charge in [0.25, 0.3) is 0 Å². The lowest BCUT2D eigenvalue weighted by molar-refractivity contribution is 1.22. The average molecular weight is 301 g/mol. The quantitative estimate of drug-likeness (QED) is 0.493. The van der Waals surface area contributed by atoms with E-state index in [0.29, 0.717) is 11.0 Å². The van der Waals surface area contributed by atoms with Crippen molar-refractivity contribution < 1.29 is 0 Å². The van der Waals surface area contributed by atoms with Gasteiger partial charge in [0.05, 0.1) is 5.52 Å². The molecule has 3 rings (SSSR count). The van der Waals surface area contributed by atoms with E-state index in [1.807, 2.05) is 37.3 Å². The third kappa shape index (κ3) is 2.39. The maximum Gasteiger partial charge on any atom is 0.161 e. The van der Waals surface area contributed by atoms with Crippen LogP contribution in [0.2, 0.25) is 5.15 Å². The van der Waals surface area contributed by atoms with Crippen LogP contribution < -0.4 is 0 Å². The first-order valence-electron chi connectivity index (χ1n) is 6.26. The Hall–Kier alpha value is -1.58. The highest BCUT2D eigenvalue weighted by atomic mass is 35.5. The maximum absolute atomic E-state index is 6.32. The zero-order chi connectivity index (χ0) is 14.1. The molecule has 0 N–H and O–H groups in total. The number of hydrogen-bond donors (Lipinski definition) is 0. The fraction of sp³-hybridized carbons (Fsp3) is 0.125. The highest BCUT2D eigenvalue weighted by molar-refractivity contribution is 7.98. The minimum atomic E-state index is 0.511. The maximum atomic E-state index is 6.32. The second kappa shape index (κ2) is 5.43. The van der Waals surface area contributed by atoms with E-state index in [2.05, 4.69) is 28.4 Å². The first-order valence-corrected chi connectivity index (χ1v) is 7.86. The van der Waals surface area contributed by atoms with E-state index in [9.17, 15) is 0 Å². The molecule has 3 aromatic rings. The smallest absolute Gasteiger partial charge is 0.161 e. The Morgan fingerprint density at radius 2 is 1.75 bits per heavy atom. The molecule has 0 aliphatic rings. The first kappa shape index (κ1) is 13.4. The molecule has 0 saturated carbocycles. The van der Waals surface area contributed by atoms with Gasteiger partial charge in [0.1, 0.15) is 5.15 Å². The fourth-order valence-corrected chi connectivity index (χ4v) is 2.91. The van der Waals surface area contributed by atoms with E-state index in [1.54, 1.807) is 11.8 Å². The molecule has 0 atom stereocenters. The van der Waals surface area contributed by atoms with Gasteiger partial charge in [-0.1, -0.05) is 35.9 Å². The Morgan fingerprint density at radius 3 is 2.45 bits per heavy atom. The van der Waals surface area contributed by atoms with Crippen LogP contribution in [0.1, 0.15) is 5.56 Å². The van der Waals surface area contributed by atoms with Crippen LogP contribution >= 0.6 is 23.4 Å². The first-order chi connectivity index (χ1) is 9.69. The van der Waals surface area contributed by atoms with Crippen molar-refractivity contribution in [2.24, 2.45) is 0 Å². The number of hydrogen-bond acceptors (Lipinski definition) is 3. The van der Waals surface area contributed by atoms with Crippen molar-refractivity contribution in [3.63, 3.8) is 0 Å². The van der Waals surface area contributed by atoms with Crippen LogP contribution in [0.15, 0.2) is 47.4 Å². The molecule has 0 amide bonds. The van der Waals surface area contributed by atoms with Crippen LogP contribution in [0.4, 0.5) is 0 Å². The lowest BCUT2D eigenvalue weighted by Crippen LogP contribution is -1.93. The van der Waals surface area contributed by atoms with Crippen molar-refractivity contribution in [3.8, 4) is 11.4 Å². The van der Waals surface area contributed by atoms with Gasteiger partial charge in [-0.2, -0.15) is 0 Å². The standard InChI is InChI=1S/C16H13ClN2S/c1-10-4-3-5-13-14(10)15(17)19-16(18-13)11-6-8-12(20-2)9-7-11/h3-9H,1-2H3. The van der Waals surface area contributed by atoms with E-state index < -0.39 is 0 Å². The molecule has 0 saturated heterocycles. The summed E-state index contributed by atoms with van der Waals surface area (Å²) in [7, 11) is 0. The minimum absolute atomic E-state index is 0.511. The van der Waals surface area contributed by atoms with E-state index >= 15 is 0 Å². The molecule has 4 heteroatoms. The third-order valence-corrected chi connectivity index (χ3v) is 4.25. The summed E-state index contributed by atoms with van der Waals surface area (Å²) in [5.74, 6) is 0.667. The SMILES string of the molecule is CSc1ccc(-c2nc(Cl)c3c(C)cccc3n2)cc1. The average Bonchev–Trinajstić information content (AvgIpc) is 2.47. The zero-order valence-electron chi connectivity index (χ0n) is 11.2.